The van der Waals surface area contributed by atoms with Crippen LogP contribution < -0.4 is 5.32 Å². The first-order valence-corrected chi connectivity index (χ1v) is 7.95. The van der Waals surface area contributed by atoms with Gasteiger partial charge in [0.2, 0.25) is 0 Å². The number of rotatable bonds is 5. The van der Waals surface area contributed by atoms with Gasteiger partial charge in [0.25, 0.3) is 0 Å². The predicted molar refractivity (Wildman–Crippen MR) is 83.8 cm³/mol. The maximum atomic E-state index is 5.98. The highest BCUT2D eigenvalue weighted by atomic mass is 35.5. The fourth-order valence-corrected chi connectivity index (χ4v) is 3.30. The molecule has 0 bridgehead atoms. The third kappa shape index (κ3) is 4.50. The lowest BCUT2D eigenvalue weighted by molar-refractivity contribution is 0.176. The van der Waals surface area contributed by atoms with Crippen LogP contribution in [0, 0.1) is 5.41 Å². The maximum absolute atomic E-state index is 5.98. The average molecular weight is 280 g/mol. The van der Waals surface area contributed by atoms with Gasteiger partial charge in [-0.15, -0.1) is 0 Å². The zero-order valence-corrected chi connectivity index (χ0v) is 13.0. The highest BCUT2D eigenvalue weighted by Crippen LogP contribution is 2.39. The van der Waals surface area contributed by atoms with E-state index in [4.69, 9.17) is 11.6 Å². The summed E-state index contributed by atoms with van der Waals surface area (Å²) in [6, 6.07) is 8.98. The van der Waals surface area contributed by atoms with Crippen LogP contribution in [0.25, 0.3) is 0 Å². The quantitative estimate of drug-likeness (QED) is 0.814. The van der Waals surface area contributed by atoms with E-state index in [2.05, 4.69) is 31.3 Å². The lowest BCUT2D eigenvalue weighted by atomic mass is 9.70. The standard InChI is InChI=1S/C17H26ClN/c1-14(2)19-13-17(10-4-3-5-11-17)12-15-6-8-16(18)9-7-15/h6-9,14,19H,3-5,10-13H2,1-2H3. The van der Waals surface area contributed by atoms with Gasteiger partial charge < -0.3 is 5.32 Å². The highest BCUT2D eigenvalue weighted by Gasteiger charge is 2.31. The van der Waals surface area contributed by atoms with Gasteiger partial charge >= 0.3 is 0 Å². The molecule has 0 amide bonds. The zero-order chi connectivity index (χ0) is 13.7. The molecule has 0 unspecified atom stereocenters. The summed E-state index contributed by atoms with van der Waals surface area (Å²) in [6.07, 6.45) is 8.07. The normalized spacial score (nSPS) is 18.7. The third-order valence-corrected chi connectivity index (χ3v) is 4.54. The van der Waals surface area contributed by atoms with Crippen LogP contribution >= 0.6 is 11.6 Å². The van der Waals surface area contributed by atoms with Gasteiger partial charge in [0.15, 0.2) is 0 Å². The second-order valence-electron chi connectivity index (χ2n) is 6.40. The van der Waals surface area contributed by atoms with Gasteiger partial charge in [-0.1, -0.05) is 56.8 Å². The lowest BCUT2D eigenvalue weighted by Gasteiger charge is -2.38. The van der Waals surface area contributed by atoms with Crippen molar-refractivity contribution < 1.29 is 0 Å². The molecule has 1 aliphatic rings. The second kappa shape index (κ2) is 6.76. The van der Waals surface area contributed by atoms with Crippen LogP contribution in [0.15, 0.2) is 24.3 Å². The van der Waals surface area contributed by atoms with Crippen LogP contribution in [0.3, 0.4) is 0 Å². The Balaban J connectivity index is 2.06. The maximum Gasteiger partial charge on any atom is 0.0406 e. The van der Waals surface area contributed by atoms with Gasteiger partial charge in [-0.05, 0) is 42.4 Å². The molecule has 1 aromatic carbocycles. The summed E-state index contributed by atoms with van der Waals surface area (Å²) < 4.78 is 0. The first-order valence-electron chi connectivity index (χ1n) is 7.58. The molecule has 0 atom stereocenters. The molecule has 106 valence electrons. The summed E-state index contributed by atoms with van der Waals surface area (Å²) in [5.41, 5.74) is 1.88. The van der Waals surface area contributed by atoms with Crippen molar-refractivity contribution in [2.75, 3.05) is 6.54 Å². The van der Waals surface area contributed by atoms with Crippen molar-refractivity contribution in [3.63, 3.8) is 0 Å². The Labute approximate surface area is 122 Å². The largest absolute Gasteiger partial charge is 0.314 e. The topological polar surface area (TPSA) is 12.0 Å². The Bertz CT molecular complexity index is 377. The van der Waals surface area contributed by atoms with E-state index in [9.17, 15) is 0 Å². The van der Waals surface area contributed by atoms with Gasteiger partial charge in [0.1, 0.15) is 0 Å². The minimum absolute atomic E-state index is 0.455. The molecule has 1 saturated carbocycles. The number of halogens is 1. The van der Waals surface area contributed by atoms with Gasteiger partial charge in [-0.2, -0.15) is 0 Å². The van der Waals surface area contributed by atoms with Crippen LogP contribution in [0.5, 0.6) is 0 Å². The summed E-state index contributed by atoms with van der Waals surface area (Å²) in [4.78, 5) is 0. The average Bonchev–Trinajstić information content (AvgIpc) is 2.41. The zero-order valence-electron chi connectivity index (χ0n) is 12.2. The summed E-state index contributed by atoms with van der Waals surface area (Å²) in [6.45, 7) is 5.62. The van der Waals surface area contributed by atoms with Crippen molar-refractivity contribution in [2.24, 2.45) is 5.41 Å². The molecule has 0 saturated heterocycles. The van der Waals surface area contributed by atoms with Crippen molar-refractivity contribution in [3.8, 4) is 0 Å². The Morgan fingerprint density at radius 3 is 2.32 bits per heavy atom. The van der Waals surface area contributed by atoms with Gasteiger partial charge in [0.05, 0.1) is 0 Å². The first-order chi connectivity index (χ1) is 9.10. The van der Waals surface area contributed by atoms with E-state index >= 15 is 0 Å². The van der Waals surface area contributed by atoms with Crippen LogP contribution in [-0.4, -0.2) is 12.6 Å². The number of benzene rings is 1. The third-order valence-electron chi connectivity index (χ3n) is 4.29. The Morgan fingerprint density at radius 1 is 1.11 bits per heavy atom. The molecule has 19 heavy (non-hydrogen) atoms. The molecule has 0 spiro atoms. The Morgan fingerprint density at radius 2 is 1.74 bits per heavy atom. The van der Waals surface area contributed by atoms with Crippen LogP contribution in [-0.2, 0) is 6.42 Å². The fraction of sp³-hybridized carbons (Fsp3) is 0.647. The number of hydrogen-bond donors (Lipinski definition) is 1. The molecule has 2 heteroatoms. The van der Waals surface area contributed by atoms with Crippen molar-refractivity contribution in [1.82, 2.24) is 5.32 Å². The van der Waals surface area contributed by atoms with E-state index in [1.165, 1.54) is 44.1 Å². The monoisotopic (exact) mass is 279 g/mol. The van der Waals surface area contributed by atoms with E-state index in [1.807, 2.05) is 12.1 Å². The number of nitrogens with one attached hydrogen (secondary N) is 1. The van der Waals surface area contributed by atoms with Gasteiger partial charge in [-0.3, -0.25) is 0 Å². The smallest absolute Gasteiger partial charge is 0.0406 e. The number of hydrogen-bond acceptors (Lipinski definition) is 1. The molecule has 1 nitrogen and oxygen atoms in total. The molecular formula is C17H26ClN. The van der Waals surface area contributed by atoms with Crippen molar-refractivity contribution in [1.29, 1.82) is 0 Å². The van der Waals surface area contributed by atoms with E-state index in [0.717, 1.165) is 11.6 Å². The van der Waals surface area contributed by atoms with Crippen LogP contribution in [0.2, 0.25) is 5.02 Å². The van der Waals surface area contributed by atoms with Crippen molar-refractivity contribution >= 4 is 11.6 Å². The van der Waals surface area contributed by atoms with E-state index in [0.29, 0.717) is 11.5 Å². The molecule has 1 aliphatic carbocycles. The SMILES string of the molecule is CC(C)NCC1(Cc2ccc(Cl)cc2)CCCCC1. The Hall–Kier alpha value is -0.530. The summed E-state index contributed by atoms with van der Waals surface area (Å²) in [5, 5.41) is 4.50. The highest BCUT2D eigenvalue weighted by molar-refractivity contribution is 6.30. The summed E-state index contributed by atoms with van der Waals surface area (Å²) in [7, 11) is 0. The molecule has 0 aliphatic heterocycles. The minimum atomic E-state index is 0.455. The van der Waals surface area contributed by atoms with Gasteiger partial charge in [-0.25, -0.2) is 0 Å². The van der Waals surface area contributed by atoms with Gasteiger partial charge in [0, 0.05) is 17.6 Å². The molecule has 2 rings (SSSR count). The minimum Gasteiger partial charge on any atom is -0.314 e. The molecule has 0 heterocycles. The first kappa shape index (κ1) is 14.9. The Kier molecular flexibility index (Phi) is 5.29. The fourth-order valence-electron chi connectivity index (χ4n) is 3.17. The van der Waals surface area contributed by atoms with Crippen molar-refractivity contribution in [3.05, 3.63) is 34.9 Å². The van der Waals surface area contributed by atoms with Crippen molar-refractivity contribution in [2.45, 2.75) is 58.4 Å². The molecule has 1 fully saturated rings. The van der Waals surface area contributed by atoms with E-state index in [1.54, 1.807) is 0 Å². The molecule has 1 N–H and O–H groups in total. The molecule has 1 aromatic rings. The second-order valence-corrected chi connectivity index (χ2v) is 6.84. The van der Waals surface area contributed by atoms with Crippen LogP contribution in [0.1, 0.15) is 51.5 Å². The van der Waals surface area contributed by atoms with E-state index in [-0.39, 0.29) is 0 Å². The molecule has 0 radical (unpaired) electrons. The molecular weight excluding hydrogens is 254 g/mol. The summed E-state index contributed by atoms with van der Waals surface area (Å²) >= 11 is 5.98. The van der Waals surface area contributed by atoms with E-state index < -0.39 is 0 Å². The summed E-state index contributed by atoms with van der Waals surface area (Å²) in [5.74, 6) is 0. The molecule has 0 aromatic heterocycles. The predicted octanol–water partition coefficient (Wildman–Crippen LogP) is 4.83. The van der Waals surface area contributed by atoms with Crippen LogP contribution in [0.4, 0.5) is 0 Å². The lowest BCUT2D eigenvalue weighted by Crippen LogP contribution is -2.40.